The second-order valence-corrected chi connectivity index (χ2v) is 3.98. The highest BCUT2D eigenvalue weighted by Gasteiger charge is 2.02. The van der Waals surface area contributed by atoms with Crippen LogP contribution in [0.5, 0.6) is 0 Å². The van der Waals surface area contributed by atoms with E-state index in [-0.39, 0.29) is 12.4 Å². The maximum absolute atomic E-state index is 13.5. The van der Waals surface area contributed by atoms with Gasteiger partial charge in [-0.25, -0.2) is 4.39 Å². The monoisotopic (exact) mass is 243 g/mol. The molecule has 1 aromatic carbocycles. The van der Waals surface area contributed by atoms with E-state index in [9.17, 15) is 4.39 Å². The van der Waals surface area contributed by atoms with Crippen LogP contribution in [-0.2, 0) is 6.54 Å². The van der Waals surface area contributed by atoms with Gasteiger partial charge in [0.05, 0.1) is 13.1 Å². The Bertz CT molecular complexity index is 605. The lowest BCUT2D eigenvalue weighted by Crippen LogP contribution is -2.04. The summed E-state index contributed by atoms with van der Waals surface area (Å²) in [7, 11) is 0. The van der Waals surface area contributed by atoms with Gasteiger partial charge in [-0.15, -0.1) is 0 Å². The van der Waals surface area contributed by atoms with Crippen molar-refractivity contribution >= 4 is 0 Å². The van der Waals surface area contributed by atoms with Crippen LogP contribution in [-0.4, -0.2) is 16.3 Å². The molecule has 0 saturated carbocycles. The van der Waals surface area contributed by atoms with Crippen LogP contribution in [0.25, 0.3) is 0 Å². The summed E-state index contributed by atoms with van der Waals surface area (Å²) < 4.78 is 15.3. The highest BCUT2D eigenvalue weighted by atomic mass is 19.1. The number of hydrogen-bond acceptors (Lipinski definition) is 2. The predicted molar refractivity (Wildman–Crippen MR) is 68.4 cm³/mol. The Morgan fingerprint density at radius 2 is 2.22 bits per heavy atom. The number of benzene rings is 1. The van der Waals surface area contributed by atoms with Crippen molar-refractivity contribution in [1.82, 2.24) is 9.78 Å². The van der Waals surface area contributed by atoms with Crippen molar-refractivity contribution in [1.29, 1.82) is 0 Å². The molecule has 1 aromatic heterocycles. The van der Waals surface area contributed by atoms with Crippen molar-refractivity contribution in [3.8, 4) is 11.8 Å². The number of aryl methyl sites for hydroxylation is 1. The van der Waals surface area contributed by atoms with Gasteiger partial charge in [-0.05, 0) is 36.8 Å². The SMILES string of the molecule is Cc1ccnn1Cc1cc(F)cc(C#CCN)c1. The van der Waals surface area contributed by atoms with Crippen LogP contribution in [0.1, 0.15) is 16.8 Å². The summed E-state index contributed by atoms with van der Waals surface area (Å²) in [6.45, 7) is 2.76. The first-order valence-electron chi connectivity index (χ1n) is 5.66. The predicted octanol–water partition coefficient (Wildman–Crippen LogP) is 1.69. The summed E-state index contributed by atoms with van der Waals surface area (Å²) in [5.41, 5.74) is 7.81. The summed E-state index contributed by atoms with van der Waals surface area (Å²) in [6.07, 6.45) is 1.73. The smallest absolute Gasteiger partial charge is 0.124 e. The van der Waals surface area contributed by atoms with Crippen LogP contribution in [0.4, 0.5) is 4.39 Å². The summed E-state index contributed by atoms with van der Waals surface area (Å²) in [4.78, 5) is 0. The number of rotatable bonds is 2. The third-order valence-electron chi connectivity index (χ3n) is 2.55. The highest BCUT2D eigenvalue weighted by molar-refractivity contribution is 5.38. The number of aromatic nitrogens is 2. The Hall–Kier alpha value is -2.12. The van der Waals surface area contributed by atoms with Crippen LogP contribution in [0.15, 0.2) is 30.5 Å². The van der Waals surface area contributed by atoms with Gasteiger partial charge < -0.3 is 5.73 Å². The van der Waals surface area contributed by atoms with Crippen molar-refractivity contribution in [3.63, 3.8) is 0 Å². The average Bonchev–Trinajstić information content (AvgIpc) is 2.72. The molecule has 2 N–H and O–H groups in total. The quantitative estimate of drug-likeness (QED) is 0.816. The Labute approximate surface area is 105 Å². The molecule has 0 aliphatic heterocycles. The molecule has 1 heterocycles. The molecule has 18 heavy (non-hydrogen) atoms. The lowest BCUT2D eigenvalue weighted by atomic mass is 10.1. The van der Waals surface area contributed by atoms with E-state index in [0.29, 0.717) is 12.1 Å². The Balaban J connectivity index is 2.28. The van der Waals surface area contributed by atoms with E-state index in [1.165, 1.54) is 12.1 Å². The van der Waals surface area contributed by atoms with Crippen molar-refractivity contribution in [3.05, 3.63) is 53.1 Å². The minimum absolute atomic E-state index is 0.268. The Morgan fingerprint density at radius 3 is 2.89 bits per heavy atom. The molecule has 2 aromatic rings. The van der Waals surface area contributed by atoms with Crippen molar-refractivity contribution < 1.29 is 4.39 Å². The minimum atomic E-state index is -0.293. The van der Waals surface area contributed by atoms with Crippen LogP contribution in [0.3, 0.4) is 0 Å². The molecule has 0 bridgehead atoms. The highest BCUT2D eigenvalue weighted by Crippen LogP contribution is 2.11. The zero-order valence-corrected chi connectivity index (χ0v) is 10.2. The fourth-order valence-corrected chi connectivity index (χ4v) is 1.70. The minimum Gasteiger partial charge on any atom is -0.320 e. The fourth-order valence-electron chi connectivity index (χ4n) is 1.70. The van der Waals surface area contributed by atoms with E-state index < -0.39 is 0 Å². The molecule has 0 radical (unpaired) electrons. The van der Waals surface area contributed by atoms with Gasteiger partial charge in [-0.1, -0.05) is 11.8 Å². The third-order valence-corrected chi connectivity index (χ3v) is 2.55. The lowest BCUT2D eigenvalue weighted by Gasteiger charge is -2.05. The van der Waals surface area contributed by atoms with Gasteiger partial charge in [0.25, 0.3) is 0 Å². The average molecular weight is 243 g/mol. The molecule has 0 amide bonds. The second-order valence-electron chi connectivity index (χ2n) is 3.98. The van der Waals surface area contributed by atoms with Crippen molar-refractivity contribution in [2.24, 2.45) is 5.73 Å². The first kappa shape index (κ1) is 12.3. The van der Waals surface area contributed by atoms with Gasteiger partial charge in [0.2, 0.25) is 0 Å². The van der Waals surface area contributed by atoms with Crippen molar-refractivity contribution in [2.45, 2.75) is 13.5 Å². The third kappa shape index (κ3) is 2.96. The molecular formula is C14H14FN3. The molecule has 92 valence electrons. The standard InChI is InChI=1S/C14H14FN3/c1-11-4-6-17-18(11)10-13-7-12(3-2-5-16)8-14(15)9-13/h4,6-9H,5,10,16H2,1H3. The molecule has 0 fully saturated rings. The van der Waals surface area contributed by atoms with Crippen LogP contribution in [0.2, 0.25) is 0 Å². The number of hydrogen-bond donors (Lipinski definition) is 1. The van der Waals surface area contributed by atoms with E-state index in [0.717, 1.165) is 11.3 Å². The van der Waals surface area contributed by atoms with Gasteiger partial charge in [-0.3, -0.25) is 4.68 Å². The van der Waals surface area contributed by atoms with E-state index in [4.69, 9.17) is 5.73 Å². The Morgan fingerprint density at radius 1 is 1.39 bits per heavy atom. The van der Waals surface area contributed by atoms with E-state index in [2.05, 4.69) is 16.9 Å². The van der Waals surface area contributed by atoms with Crippen LogP contribution < -0.4 is 5.73 Å². The lowest BCUT2D eigenvalue weighted by molar-refractivity contribution is 0.616. The molecule has 0 atom stereocenters. The van der Waals surface area contributed by atoms with E-state index in [1.54, 1.807) is 6.20 Å². The molecule has 0 spiro atoms. The maximum atomic E-state index is 13.5. The Kier molecular flexibility index (Phi) is 3.75. The first-order chi connectivity index (χ1) is 8.69. The van der Waals surface area contributed by atoms with Gasteiger partial charge in [0.1, 0.15) is 5.82 Å². The number of nitrogens with zero attached hydrogens (tertiary/aromatic N) is 2. The van der Waals surface area contributed by atoms with E-state index >= 15 is 0 Å². The van der Waals surface area contributed by atoms with Crippen LogP contribution >= 0.6 is 0 Å². The second kappa shape index (κ2) is 5.48. The van der Waals surface area contributed by atoms with Gasteiger partial charge in [0.15, 0.2) is 0 Å². The molecular weight excluding hydrogens is 229 g/mol. The summed E-state index contributed by atoms with van der Waals surface area (Å²) >= 11 is 0. The molecule has 3 nitrogen and oxygen atoms in total. The zero-order valence-electron chi connectivity index (χ0n) is 10.2. The summed E-state index contributed by atoms with van der Waals surface area (Å²) in [5.74, 6) is 5.26. The summed E-state index contributed by atoms with van der Waals surface area (Å²) in [6, 6.07) is 6.66. The van der Waals surface area contributed by atoms with Gasteiger partial charge >= 0.3 is 0 Å². The molecule has 2 rings (SSSR count). The largest absolute Gasteiger partial charge is 0.320 e. The number of nitrogens with two attached hydrogens (primary N) is 1. The topological polar surface area (TPSA) is 43.8 Å². The van der Waals surface area contributed by atoms with Gasteiger partial charge in [-0.2, -0.15) is 5.10 Å². The number of halogens is 1. The molecule has 0 aliphatic rings. The molecule has 0 unspecified atom stereocenters. The van der Waals surface area contributed by atoms with Crippen LogP contribution in [0, 0.1) is 24.6 Å². The van der Waals surface area contributed by atoms with E-state index in [1.807, 2.05) is 23.7 Å². The molecule has 0 saturated heterocycles. The van der Waals surface area contributed by atoms with Gasteiger partial charge in [0, 0.05) is 17.5 Å². The normalized spacial score (nSPS) is 9.94. The fraction of sp³-hybridized carbons (Fsp3) is 0.214. The maximum Gasteiger partial charge on any atom is 0.124 e. The van der Waals surface area contributed by atoms with Crippen molar-refractivity contribution in [2.75, 3.05) is 6.54 Å². The zero-order chi connectivity index (χ0) is 13.0. The first-order valence-corrected chi connectivity index (χ1v) is 5.66. The molecule has 4 heteroatoms. The molecule has 0 aliphatic carbocycles. The summed E-state index contributed by atoms with van der Waals surface area (Å²) in [5, 5.41) is 4.17.